The first kappa shape index (κ1) is 9.15. The maximum absolute atomic E-state index is 10.3. The molecule has 2 aromatic heterocycles. The van der Waals surface area contributed by atoms with E-state index in [9.17, 15) is 4.79 Å². The van der Waals surface area contributed by atoms with Crippen LogP contribution in [0.1, 0.15) is 15.6 Å². The maximum Gasteiger partial charge on any atom is 0.125 e. The van der Waals surface area contributed by atoms with Crippen LogP contribution in [0, 0.1) is 0 Å². The summed E-state index contributed by atoms with van der Waals surface area (Å²) in [7, 11) is 0. The van der Waals surface area contributed by atoms with Crippen molar-refractivity contribution in [2.75, 3.05) is 0 Å². The molecule has 0 fully saturated rings. The Labute approximate surface area is 85.4 Å². The molecule has 0 aliphatic heterocycles. The summed E-state index contributed by atoms with van der Waals surface area (Å²) in [6, 6.07) is 3.77. The monoisotopic (exact) mass is 207 g/mol. The molecular weight excluding hydrogens is 198 g/mol. The minimum absolute atomic E-state index is 0.454. The van der Waals surface area contributed by atoms with E-state index in [0.717, 1.165) is 21.9 Å². The number of hydrogen-bond donors (Lipinski definition) is 0. The van der Waals surface area contributed by atoms with Gasteiger partial charge in [0.15, 0.2) is 0 Å². The van der Waals surface area contributed by atoms with Crippen LogP contribution in [-0.4, -0.2) is 11.3 Å². The molecular formula is C10H9NO2S. The summed E-state index contributed by atoms with van der Waals surface area (Å²) in [6.45, 7) is 0. The molecule has 0 atom stereocenters. The summed E-state index contributed by atoms with van der Waals surface area (Å²) in [4.78, 5) is 15.5. The molecule has 0 unspecified atom stereocenters. The van der Waals surface area contributed by atoms with Gasteiger partial charge in [-0.3, -0.25) is 0 Å². The van der Waals surface area contributed by atoms with Crippen LogP contribution in [0.3, 0.4) is 0 Å². The maximum atomic E-state index is 10.3. The number of nitrogens with zero attached hydrogens (tertiary/aromatic N) is 1. The lowest BCUT2D eigenvalue weighted by Crippen LogP contribution is -1.81. The third kappa shape index (κ3) is 2.09. The smallest absolute Gasteiger partial charge is 0.125 e. The van der Waals surface area contributed by atoms with E-state index in [1.165, 1.54) is 0 Å². The molecule has 2 rings (SSSR count). The van der Waals surface area contributed by atoms with Gasteiger partial charge in [-0.25, -0.2) is 4.98 Å². The summed E-state index contributed by atoms with van der Waals surface area (Å²) >= 11 is 1.55. The molecule has 0 saturated carbocycles. The first-order valence-electron chi connectivity index (χ1n) is 4.28. The van der Waals surface area contributed by atoms with Gasteiger partial charge in [0.2, 0.25) is 0 Å². The van der Waals surface area contributed by atoms with Crippen molar-refractivity contribution in [3.05, 3.63) is 40.2 Å². The van der Waals surface area contributed by atoms with Crippen molar-refractivity contribution in [1.82, 2.24) is 4.98 Å². The Balaban J connectivity index is 2.06. The van der Waals surface area contributed by atoms with Crippen LogP contribution in [0.4, 0.5) is 0 Å². The van der Waals surface area contributed by atoms with Gasteiger partial charge < -0.3 is 9.21 Å². The second-order valence-corrected chi connectivity index (χ2v) is 4.05. The molecule has 0 aliphatic carbocycles. The number of rotatable bonds is 4. The predicted octanol–water partition coefficient (Wildman–Crippen LogP) is 2.07. The predicted molar refractivity (Wildman–Crippen MR) is 53.4 cm³/mol. The Hall–Kier alpha value is -1.42. The molecule has 72 valence electrons. The van der Waals surface area contributed by atoms with Crippen molar-refractivity contribution in [2.45, 2.75) is 12.8 Å². The fourth-order valence-electron chi connectivity index (χ4n) is 1.17. The van der Waals surface area contributed by atoms with Crippen molar-refractivity contribution in [3.8, 4) is 0 Å². The largest absolute Gasteiger partial charge is 0.469 e. The number of aldehydes is 1. The quantitative estimate of drug-likeness (QED) is 0.721. The third-order valence-electron chi connectivity index (χ3n) is 1.79. The van der Waals surface area contributed by atoms with Crippen LogP contribution in [0.25, 0.3) is 0 Å². The van der Waals surface area contributed by atoms with E-state index in [4.69, 9.17) is 4.42 Å². The first-order valence-corrected chi connectivity index (χ1v) is 5.10. The zero-order valence-corrected chi connectivity index (χ0v) is 8.29. The number of carbonyl (C=O) groups excluding carboxylic acids is 1. The van der Waals surface area contributed by atoms with Gasteiger partial charge in [0, 0.05) is 17.5 Å². The molecule has 0 spiro atoms. The Morgan fingerprint density at radius 2 is 2.50 bits per heavy atom. The average molecular weight is 207 g/mol. The summed E-state index contributed by atoms with van der Waals surface area (Å²) in [5, 5.41) is 0.983. The standard InChI is InChI=1S/C10H9NO2S/c12-4-3-9-7-11-10(14-9)6-8-2-1-5-13-8/h1-2,4-5,7H,3,6H2. The van der Waals surface area contributed by atoms with Crippen LogP contribution in [0.5, 0.6) is 0 Å². The zero-order chi connectivity index (χ0) is 9.80. The van der Waals surface area contributed by atoms with Gasteiger partial charge in [-0.1, -0.05) is 0 Å². The van der Waals surface area contributed by atoms with Crippen molar-refractivity contribution in [3.63, 3.8) is 0 Å². The van der Waals surface area contributed by atoms with Gasteiger partial charge in [-0.2, -0.15) is 0 Å². The molecule has 2 heterocycles. The van der Waals surface area contributed by atoms with Crippen LogP contribution in [-0.2, 0) is 17.6 Å². The number of hydrogen-bond acceptors (Lipinski definition) is 4. The van der Waals surface area contributed by atoms with E-state index in [0.29, 0.717) is 12.8 Å². The molecule has 3 nitrogen and oxygen atoms in total. The van der Waals surface area contributed by atoms with Gasteiger partial charge in [0.25, 0.3) is 0 Å². The third-order valence-corrected chi connectivity index (χ3v) is 2.81. The molecule has 0 amide bonds. The summed E-state index contributed by atoms with van der Waals surface area (Å²) in [6.07, 6.45) is 5.45. The number of carbonyl (C=O) groups is 1. The van der Waals surface area contributed by atoms with E-state index in [-0.39, 0.29) is 0 Å². The van der Waals surface area contributed by atoms with E-state index in [1.54, 1.807) is 23.8 Å². The van der Waals surface area contributed by atoms with Crippen LogP contribution in [0.2, 0.25) is 0 Å². The summed E-state index contributed by atoms with van der Waals surface area (Å²) in [5.74, 6) is 0.900. The number of aromatic nitrogens is 1. The molecule has 14 heavy (non-hydrogen) atoms. The van der Waals surface area contributed by atoms with Crippen LogP contribution >= 0.6 is 11.3 Å². The molecule has 0 saturated heterocycles. The molecule has 0 aliphatic rings. The van der Waals surface area contributed by atoms with Gasteiger partial charge in [-0.15, -0.1) is 11.3 Å². The second kappa shape index (κ2) is 4.19. The molecule has 0 N–H and O–H groups in total. The molecule has 0 aromatic carbocycles. The highest BCUT2D eigenvalue weighted by Crippen LogP contribution is 2.16. The Bertz CT molecular complexity index is 405. The number of furan rings is 1. The average Bonchev–Trinajstić information content (AvgIpc) is 2.79. The fourth-order valence-corrected chi connectivity index (χ4v) is 2.05. The highest BCUT2D eigenvalue weighted by molar-refractivity contribution is 7.11. The normalized spacial score (nSPS) is 10.3. The first-order chi connectivity index (χ1) is 6.88. The SMILES string of the molecule is O=CCc1cnc(Cc2ccco2)s1. The van der Waals surface area contributed by atoms with E-state index in [2.05, 4.69) is 4.98 Å². The topological polar surface area (TPSA) is 43.1 Å². The summed E-state index contributed by atoms with van der Waals surface area (Å²) < 4.78 is 5.20. The zero-order valence-electron chi connectivity index (χ0n) is 7.47. The molecule has 2 aromatic rings. The van der Waals surface area contributed by atoms with Gasteiger partial charge in [-0.05, 0) is 12.1 Å². The minimum atomic E-state index is 0.454. The van der Waals surface area contributed by atoms with Crippen molar-refractivity contribution in [2.24, 2.45) is 0 Å². The highest BCUT2D eigenvalue weighted by atomic mass is 32.1. The fraction of sp³-hybridized carbons (Fsp3) is 0.200. The van der Waals surface area contributed by atoms with Gasteiger partial charge in [0.1, 0.15) is 17.1 Å². The van der Waals surface area contributed by atoms with Gasteiger partial charge in [0.05, 0.1) is 12.7 Å². The molecule has 0 bridgehead atoms. The van der Waals surface area contributed by atoms with Crippen molar-refractivity contribution in [1.29, 1.82) is 0 Å². The Morgan fingerprint density at radius 3 is 3.21 bits per heavy atom. The van der Waals surface area contributed by atoms with Crippen molar-refractivity contribution < 1.29 is 9.21 Å². The lowest BCUT2D eigenvalue weighted by Gasteiger charge is -1.89. The second-order valence-electron chi connectivity index (χ2n) is 2.85. The van der Waals surface area contributed by atoms with Crippen LogP contribution in [0.15, 0.2) is 29.0 Å². The van der Waals surface area contributed by atoms with Crippen LogP contribution < -0.4 is 0 Å². The number of thiazole rings is 1. The van der Waals surface area contributed by atoms with E-state index < -0.39 is 0 Å². The van der Waals surface area contributed by atoms with Gasteiger partial charge >= 0.3 is 0 Å². The lowest BCUT2D eigenvalue weighted by molar-refractivity contribution is -0.107. The van der Waals surface area contributed by atoms with E-state index >= 15 is 0 Å². The summed E-state index contributed by atoms with van der Waals surface area (Å²) in [5.41, 5.74) is 0. The minimum Gasteiger partial charge on any atom is -0.469 e. The van der Waals surface area contributed by atoms with E-state index in [1.807, 2.05) is 12.1 Å². The lowest BCUT2D eigenvalue weighted by atomic mass is 10.3. The molecule has 4 heteroatoms. The molecule has 0 radical (unpaired) electrons. The highest BCUT2D eigenvalue weighted by Gasteiger charge is 2.04. The Morgan fingerprint density at radius 1 is 1.57 bits per heavy atom. The van der Waals surface area contributed by atoms with Crippen molar-refractivity contribution >= 4 is 17.6 Å². The Kier molecular flexibility index (Phi) is 2.74.